The highest BCUT2D eigenvalue weighted by molar-refractivity contribution is 6.28. The molecule has 1 aromatic carbocycles. The smallest absolute Gasteiger partial charge is 0.255 e. The van der Waals surface area contributed by atoms with Crippen LogP contribution in [0.2, 0.25) is 5.28 Å². The van der Waals surface area contributed by atoms with Gasteiger partial charge in [0.2, 0.25) is 5.28 Å². The third kappa shape index (κ3) is 2.76. The minimum Gasteiger partial charge on any atom is -0.284 e. The highest BCUT2D eigenvalue weighted by Crippen LogP contribution is 2.23. The lowest BCUT2D eigenvalue weighted by atomic mass is 10.1. The van der Waals surface area contributed by atoms with Crippen molar-refractivity contribution in [2.24, 2.45) is 0 Å². The van der Waals surface area contributed by atoms with Crippen LogP contribution in [0.1, 0.15) is 5.56 Å². The molecular weight excluding hydrogens is 305 g/mol. The van der Waals surface area contributed by atoms with Gasteiger partial charge in [0.05, 0.1) is 6.20 Å². The summed E-state index contributed by atoms with van der Waals surface area (Å²) < 4.78 is 15.4. The summed E-state index contributed by atoms with van der Waals surface area (Å²) in [6.45, 7) is 1.85. The van der Waals surface area contributed by atoms with Crippen LogP contribution in [0, 0.1) is 12.7 Å². The van der Waals surface area contributed by atoms with Gasteiger partial charge in [-0.25, -0.2) is 14.4 Å². The Morgan fingerprint density at radius 1 is 1.23 bits per heavy atom. The van der Waals surface area contributed by atoms with Crippen molar-refractivity contribution in [3.05, 3.63) is 75.8 Å². The number of aryl methyl sites for hydroxylation is 1. The monoisotopic (exact) mass is 315 g/mol. The molecule has 0 N–H and O–H groups in total. The number of hydrogen-bond acceptors (Lipinski definition) is 3. The predicted octanol–water partition coefficient (Wildman–Crippen LogP) is 3.40. The van der Waals surface area contributed by atoms with Crippen molar-refractivity contribution in [3.8, 4) is 16.9 Å². The maximum absolute atomic E-state index is 13.9. The lowest BCUT2D eigenvalue weighted by molar-refractivity contribution is 0.618. The maximum Gasteiger partial charge on any atom is 0.255 e. The zero-order chi connectivity index (χ0) is 15.7. The van der Waals surface area contributed by atoms with E-state index in [-0.39, 0.29) is 16.5 Å². The van der Waals surface area contributed by atoms with Crippen molar-refractivity contribution in [1.82, 2.24) is 14.5 Å². The SMILES string of the molecule is Cc1ccn(-c2cccc(-c3nc(Cl)ncc3F)c2)c(=O)c1. The molecule has 0 bridgehead atoms. The van der Waals surface area contributed by atoms with Crippen molar-refractivity contribution in [2.45, 2.75) is 6.92 Å². The van der Waals surface area contributed by atoms with Gasteiger partial charge >= 0.3 is 0 Å². The Hall–Kier alpha value is -2.53. The first-order valence-corrected chi connectivity index (χ1v) is 6.90. The Labute approximate surface area is 130 Å². The van der Waals surface area contributed by atoms with Gasteiger partial charge < -0.3 is 0 Å². The van der Waals surface area contributed by atoms with E-state index in [2.05, 4.69) is 9.97 Å². The highest BCUT2D eigenvalue weighted by Gasteiger charge is 2.10. The first-order chi connectivity index (χ1) is 10.5. The van der Waals surface area contributed by atoms with E-state index >= 15 is 0 Å². The van der Waals surface area contributed by atoms with Gasteiger partial charge in [0, 0.05) is 23.5 Å². The van der Waals surface area contributed by atoms with Crippen LogP contribution in [0.25, 0.3) is 16.9 Å². The number of rotatable bonds is 2. The van der Waals surface area contributed by atoms with E-state index in [1.807, 2.05) is 13.0 Å². The normalized spacial score (nSPS) is 10.7. The molecule has 0 aliphatic heterocycles. The van der Waals surface area contributed by atoms with Gasteiger partial charge in [-0.3, -0.25) is 9.36 Å². The number of halogens is 2. The van der Waals surface area contributed by atoms with Gasteiger partial charge in [0.1, 0.15) is 5.69 Å². The van der Waals surface area contributed by atoms with E-state index < -0.39 is 5.82 Å². The fourth-order valence-electron chi connectivity index (χ4n) is 2.14. The fraction of sp³-hybridized carbons (Fsp3) is 0.0625. The molecule has 0 radical (unpaired) electrons. The van der Waals surface area contributed by atoms with Gasteiger partial charge in [-0.2, -0.15) is 0 Å². The molecule has 6 heteroatoms. The minimum absolute atomic E-state index is 0.0331. The highest BCUT2D eigenvalue weighted by atomic mass is 35.5. The minimum atomic E-state index is -0.571. The molecule has 3 rings (SSSR count). The largest absolute Gasteiger partial charge is 0.284 e. The van der Waals surface area contributed by atoms with E-state index in [1.165, 1.54) is 10.6 Å². The zero-order valence-corrected chi connectivity index (χ0v) is 12.4. The second-order valence-electron chi connectivity index (χ2n) is 4.80. The molecule has 22 heavy (non-hydrogen) atoms. The third-order valence-corrected chi connectivity index (χ3v) is 3.37. The molecular formula is C16H11ClFN3O. The molecule has 0 saturated carbocycles. The second-order valence-corrected chi connectivity index (χ2v) is 5.14. The fourth-order valence-corrected chi connectivity index (χ4v) is 2.28. The number of benzene rings is 1. The summed E-state index contributed by atoms with van der Waals surface area (Å²) in [6.07, 6.45) is 2.70. The number of pyridine rings is 1. The molecule has 110 valence electrons. The Morgan fingerprint density at radius 2 is 2.05 bits per heavy atom. The molecule has 0 atom stereocenters. The van der Waals surface area contributed by atoms with Crippen molar-refractivity contribution in [2.75, 3.05) is 0 Å². The molecule has 0 spiro atoms. The molecule has 0 unspecified atom stereocenters. The first-order valence-electron chi connectivity index (χ1n) is 6.53. The van der Waals surface area contributed by atoms with Crippen LogP contribution in [0.4, 0.5) is 4.39 Å². The van der Waals surface area contributed by atoms with Gasteiger partial charge in [-0.15, -0.1) is 0 Å². The van der Waals surface area contributed by atoms with E-state index in [4.69, 9.17) is 11.6 Å². The standard InChI is InChI=1S/C16H11ClFN3O/c1-10-5-6-21(14(22)7-10)12-4-2-3-11(8-12)15-13(18)9-19-16(17)20-15/h2-9H,1H3. The summed E-state index contributed by atoms with van der Waals surface area (Å²) in [5.41, 5.74) is 1.97. The van der Waals surface area contributed by atoms with Crippen LogP contribution in [-0.4, -0.2) is 14.5 Å². The summed E-state index contributed by atoms with van der Waals surface area (Å²) in [7, 11) is 0. The number of aromatic nitrogens is 3. The van der Waals surface area contributed by atoms with E-state index in [1.54, 1.807) is 30.5 Å². The van der Waals surface area contributed by atoms with E-state index in [9.17, 15) is 9.18 Å². The molecule has 3 aromatic rings. The molecule has 0 aliphatic carbocycles. The van der Waals surface area contributed by atoms with Crippen molar-refractivity contribution in [3.63, 3.8) is 0 Å². The number of nitrogens with zero attached hydrogens (tertiary/aromatic N) is 3. The summed E-state index contributed by atoms with van der Waals surface area (Å²) in [4.78, 5) is 19.6. The third-order valence-electron chi connectivity index (χ3n) is 3.19. The summed E-state index contributed by atoms with van der Waals surface area (Å²) in [5, 5.41) is -0.0331. The van der Waals surface area contributed by atoms with E-state index in [0.717, 1.165) is 11.8 Å². The Balaban J connectivity index is 2.14. The van der Waals surface area contributed by atoms with Crippen LogP contribution in [-0.2, 0) is 0 Å². The number of hydrogen-bond donors (Lipinski definition) is 0. The molecule has 0 saturated heterocycles. The Kier molecular flexibility index (Phi) is 3.73. The first kappa shape index (κ1) is 14.4. The summed E-state index contributed by atoms with van der Waals surface area (Å²) >= 11 is 5.72. The molecule has 0 aliphatic rings. The predicted molar refractivity (Wildman–Crippen MR) is 82.8 cm³/mol. The molecule has 0 amide bonds. The Morgan fingerprint density at radius 3 is 2.82 bits per heavy atom. The van der Waals surface area contributed by atoms with Crippen LogP contribution in [0.3, 0.4) is 0 Å². The van der Waals surface area contributed by atoms with Crippen molar-refractivity contribution in [1.29, 1.82) is 0 Å². The molecule has 0 fully saturated rings. The van der Waals surface area contributed by atoms with Crippen LogP contribution < -0.4 is 5.56 Å². The van der Waals surface area contributed by atoms with Crippen LogP contribution in [0.5, 0.6) is 0 Å². The van der Waals surface area contributed by atoms with Crippen molar-refractivity contribution >= 4 is 11.6 Å². The van der Waals surface area contributed by atoms with E-state index in [0.29, 0.717) is 11.3 Å². The lowest BCUT2D eigenvalue weighted by Crippen LogP contribution is -2.16. The topological polar surface area (TPSA) is 47.8 Å². The second kappa shape index (κ2) is 5.69. The van der Waals surface area contributed by atoms with Crippen LogP contribution >= 0.6 is 11.6 Å². The average molecular weight is 316 g/mol. The zero-order valence-electron chi connectivity index (χ0n) is 11.6. The maximum atomic E-state index is 13.9. The van der Waals surface area contributed by atoms with Gasteiger partial charge in [0.25, 0.3) is 5.56 Å². The van der Waals surface area contributed by atoms with Crippen LogP contribution in [0.15, 0.2) is 53.6 Å². The Bertz CT molecular complexity index is 908. The summed E-state index contributed by atoms with van der Waals surface area (Å²) in [6, 6.07) is 10.2. The van der Waals surface area contributed by atoms with Gasteiger partial charge in [0.15, 0.2) is 5.82 Å². The van der Waals surface area contributed by atoms with Gasteiger partial charge in [-0.05, 0) is 42.3 Å². The quantitative estimate of drug-likeness (QED) is 0.681. The molecule has 2 aromatic heterocycles. The molecule has 4 nitrogen and oxygen atoms in total. The average Bonchev–Trinajstić information content (AvgIpc) is 2.50. The summed E-state index contributed by atoms with van der Waals surface area (Å²) in [5.74, 6) is -0.571. The van der Waals surface area contributed by atoms with Crippen molar-refractivity contribution < 1.29 is 4.39 Å². The lowest BCUT2D eigenvalue weighted by Gasteiger charge is -2.08. The molecule has 2 heterocycles. The van der Waals surface area contributed by atoms with Gasteiger partial charge in [-0.1, -0.05) is 12.1 Å².